The Kier molecular flexibility index (Phi) is 3.41. The van der Waals surface area contributed by atoms with Gasteiger partial charge in [0.25, 0.3) is 0 Å². The lowest BCUT2D eigenvalue weighted by Crippen LogP contribution is -2.05. The highest BCUT2D eigenvalue weighted by Gasteiger charge is 2.18. The van der Waals surface area contributed by atoms with Crippen molar-refractivity contribution in [2.75, 3.05) is 0 Å². The molecule has 2 aromatic carbocycles. The normalized spacial score (nSPS) is 12.1. The molecule has 1 aliphatic rings. The first-order valence-electron chi connectivity index (χ1n) is 8.13. The summed E-state index contributed by atoms with van der Waals surface area (Å²) in [7, 11) is 0. The first-order valence-corrected chi connectivity index (χ1v) is 8.13. The van der Waals surface area contributed by atoms with Crippen LogP contribution in [0, 0.1) is 6.92 Å². The first-order chi connectivity index (χ1) is 11.2. The van der Waals surface area contributed by atoms with Gasteiger partial charge in [-0.3, -0.25) is 0 Å². The Labute approximate surface area is 136 Å². The van der Waals surface area contributed by atoms with Crippen LogP contribution >= 0.6 is 0 Å². The second kappa shape index (κ2) is 5.58. The SMILES string of the molecule is CCc1nc(C)nc(Cc2ccc3c(c2)-c2ccccc2C3)n1. The zero-order chi connectivity index (χ0) is 15.8. The predicted molar refractivity (Wildman–Crippen MR) is 91.4 cm³/mol. The van der Waals surface area contributed by atoms with Crippen LogP contribution in [0.25, 0.3) is 11.1 Å². The maximum Gasteiger partial charge on any atom is 0.136 e. The Morgan fingerprint density at radius 2 is 1.65 bits per heavy atom. The maximum absolute atomic E-state index is 4.56. The minimum absolute atomic E-state index is 0.756. The second-order valence-electron chi connectivity index (χ2n) is 6.07. The molecule has 0 spiro atoms. The number of rotatable bonds is 3. The molecule has 0 amide bonds. The fraction of sp³-hybridized carbons (Fsp3) is 0.250. The second-order valence-corrected chi connectivity index (χ2v) is 6.07. The van der Waals surface area contributed by atoms with E-state index in [1.165, 1.54) is 27.8 Å². The van der Waals surface area contributed by atoms with E-state index in [1.54, 1.807) is 0 Å². The highest BCUT2D eigenvalue weighted by Crippen LogP contribution is 2.36. The molecular formula is C20H19N3. The van der Waals surface area contributed by atoms with Gasteiger partial charge in [-0.1, -0.05) is 49.4 Å². The van der Waals surface area contributed by atoms with Crippen LogP contribution in [0.1, 0.15) is 41.1 Å². The van der Waals surface area contributed by atoms with Gasteiger partial charge in [0.05, 0.1) is 0 Å². The van der Waals surface area contributed by atoms with Crippen molar-refractivity contribution in [1.82, 2.24) is 15.0 Å². The number of nitrogens with zero attached hydrogens (tertiary/aromatic N) is 3. The molecule has 0 N–H and O–H groups in total. The summed E-state index contributed by atoms with van der Waals surface area (Å²) in [5, 5.41) is 0. The van der Waals surface area contributed by atoms with Crippen molar-refractivity contribution in [2.45, 2.75) is 33.1 Å². The molecule has 1 aliphatic carbocycles. The minimum atomic E-state index is 0.756. The van der Waals surface area contributed by atoms with E-state index in [9.17, 15) is 0 Å². The quantitative estimate of drug-likeness (QED) is 0.576. The van der Waals surface area contributed by atoms with E-state index in [1.807, 2.05) is 6.92 Å². The van der Waals surface area contributed by atoms with Crippen LogP contribution in [0.2, 0.25) is 0 Å². The van der Waals surface area contributed by atoms with Crippen molar-refractivity contribution in [1.29, 1.82) is 0 Å². The molecule has 0 bridgehead atoms. The van der Waals surface area contributed by atoms with E-state index >= 15 is 0 Å². The van der Waals surface area contributed by atoms with Gasteiger partial charge in [0.2, 0.25) is 0 Å². The lowest BCUT2D eigenvalue weighted by atomic mass is 10.0. The summed E-state index contributed by atoms with van der Waals surface area (Å²) >= 11 is 0. The number of benzene rings is 2. The molecule has 0 fully saturated rings. The lowest BCUT2D eigenvalue weighted by molar-refractivity contribution is 0.807. The number of fused-ring (bicyclic) bond motifs is 3. The summed E-state index contributed by atoms with van der Waals surface area (Å²) in [6.07, 6.45) is 2.64. The van der Waals surface area contributed by atoms with E-state index in [4.69, 9.17) is 0 Å². The van der Waals surface area contributed by atoms with Crippen molar-refractivity contribution in [3.05, 3.63) is 76.6 Å². The van der Waals surface area contributed by atoms with Crippen LogP contribution < -0.4 is 0 Å². The molecular weight excluding hydrogens is 282 g/mol. The first kappa shape index (κ1) is 14.1. The Bertz CT molecular complexity index is 884. The third kappa shape index (κ3) is 2.63. The molecule has 1 aromatic heterocycles. The van der Waals surface area contributed by atoms with E-state index in [0.29, 0.717) is 0 Å². The Hall–Kier alpha value is -2.55. The number of aryl methyl sites for hydroxylation is 2. The van der Waals surface area contributed by atoms with Crippen LogP contribution in [0.15, 0.2) is 42.5 Å². The van der Waals surface area contributed by atoms with Gasteiger partial charge in [0.1, 0.15) is 17.5 Å². The van der Waals surface area contributed by atoms with Crippen LogP contribution in [-0.4, -0.2) is 15.0 Å². The number of hydrogen-bond donors (Lipinski definition) is 0. The van der Waals surface area contributed by atoms with Gasteiger partial charge in [-0.05, 0) is 41.2 Å². The highest BCUT2D eigenvalue weighted by molar-refractivity contribution is 5.77. The third-order valence-electron chi connectivity index (χ3n) is 4.38. The van der Waals surface area contributed by atoms with Gasteiger partial charge < -0.3 is 0 Å². The van der Waals surface area contributed by atoms with Gasteiger partial charge in [-0.15, -0.1) is 0 Å². The van der Waals surface area contributed by atoms with E-state index in [2.05, 4.69) is 64.3 Å². The summed E-state index contributed by atoms with van der Waals surface area (Å²) in [5.41, 5.74) is 6.82. The zero-order valence-electron chi connectivity index (χ0n) is 13.5. The average molecular weight is 301 g/mol. The largest absolute Gasteiger partial charge is 0.218 e. The topological polar surface area (TPSA) is 38.7 Å². The molecule has 0 radical (unpaired) electrons. The van der Waals surface area contributed by atoms with E-state index < -0.39 is 0 Å². The van der Waals surface area contributed by atoms with Crippen molar-refractivity contribution in [3.8, 4) is 11.1 Å². The molecule has 3 heteroatoms. The Morgan fingerprint density at radius 3 is 2.52 bits per heavy atom. The van der Waals surface area contributed by atoms with E-state index in [-0.39, 0.29) is 0 Å². The number of aromatic nitrogens is 3. The molecule has 23 heavy (non-hydrogen) atoms. The van der Waals surface area contributed by atoms with Crippen molar-refractivity contribution in [3.63, 3.8) is 0 Å². The van der Waals surface area contributed by atoms with Crippen molar-refractivity contribution < 1.29 is 0 Å². The van der Waals surface area contributed by atoms with Crippen LogP contribution in [0.5, 0.6) is 0 Å². The smallest absolute Gasteiger partial charge is 0.136 e. The average Bonchev–Trinajstić information content (AvgIpc) is 2.92. The summed E-state index contributed by atoms with van der Waals surface area (Å²) in [6.45, 7) is 4.01. The monoisotopic (exact) mass is 301 g/mol. The summed E-state index contributed by atoms with van der Waals surface area (Å²) in [5.74, 6) is 2.54. The molecule has 114 valence electrons. The lowest BCUT2D eigenvalue weighted by Gasteiger charge is -2.07. The van der Waals surface area contributed by atoms with Gasteiger partial charge >= 0.3 is 0 Å². The molecule has 1 heterocycles. The van der Waals surface area contributed by atoms with Gasteiger partial charge in [-0.25, -0.2) is 15.0 Å². The van der Waals surface area contributed by atoms with Crippen LogP contribution in [-0.2, 0) is 19.3 Å². The maximum atomic E-state index is 4.56. The van der Waals surface area contributed by atoms with E-state index in [0.717, 1.165) is 36.7 Å². The van der Waals surface area contributed by atoms with Crippen molar-refractivity contribution in [2.24, 2.45) is 0 Å². The molecule has 3 aromatic rings. The number of hydrogen-bond acceptors (Lipinski definition) is 3. The summed E-state index contributed by atoms with van der Waals surface area (Å²) in [6, 6.07) is 15.4. The Morgan fingerprint density at radius 1 is 0.870 bits per heavy atom. The highest BCUT2D eigenvalue weighted by atomic mass is 15.0. The Balaban J connectivity index is 1.69. The van der Waals surface area contributed by atoms with Gasteiger partial charge in [0, 0.05) is 12.8 Å². The zero-order valence-corrected chi connectivity index (χ0v) is 13.5. The predicted octanol–water partition coefficient (Wildman–Crippen LogP) is 3.90. The van der Waals surface area contributed by atoms with Crippen LogP contribution in [0.3, 0.4) is 0 Å². The molecule has 0 atom stereocenters. The van der Waals surface area contributed by atoms with Crippen LogP contribution in [0.4, 0.5) is 0 Å². The van der Waals surface area contributed by atoms with Gasteiger partial charge in [0.15, 0.2) is 0 Å². The molecule has 0 unspecified atom stereocenters. The molecule has 4 rings (SSSR count). The fourth-order valence-corrected chi connectivity index (χ4v) is 3.30. The van der Waals surface area contributed by atoms with Gasteiger partial charge in [-0.2, -0.15) is 0 Å². The molecule has 3 nitrogen and oxygen atoms in total. The summed E-state index contributed by atoms with van der Waals surface area (Å²) in [4.78, 5) is 13.4. The minimum Gasteiger partial charge on any atom is -0.218 e. The molecule has 0 aliphatic heterocycles. The molecule has 0 saturated heterocycles. The standard InChI is InChI=1S/C20H19N3/c1-3-19-21-13(2)22-20(23-19)11-14-8-9-16-12-15-6-4-5-7-17(15)18(16)10-14/h4-10H,3,11-12H2,1-2H3. The van der Waals surface area contributed by atoms with Crippen molar-refractivity contribution >= 4 is 0 Å². The molecule has 0 saturated carbocycles. The summed E-state index contributed by atoms with van der Waals surface area (Å²) < 4.78 is 0. The fourth-order valence-electron chi connectivity index (χ4n) is 3.30. The third-order valence-corrected chi connectivity index (χ3v) is 4.38.